The summed E-state index contributed by atoms with van der Waals surface area (Å²) < 4.78 is 35.5. The average molecular weight is 553 g/mol. The van der Waals surface area contributed by atoms with Gasteiger partial charge in [0.1, 0.15) is 0 Å². The van der Waals surface area contributed by atoms with Gasteiger partial charge in [0.25, 0.3) is 5.91 Å². The van der Waals surface area contributed by atoms with Crippen molar-refractivity contribution in [2.75, 3.05) is 25.5 Å². The molecule has 2 heterocycles. The molecule has 0 atom stereocenters. The van der Waals surface area contributed by atoms with Crippen LogP contribution in [0.3, 0.4) is 0 Å². The fourth-order valence-electron chi connectivity index (χ4n) is 3.82. The van der Waals surface area contributed by atoms with Crippen LogP contribution < -0.4 is 21.1 Å². The van der Waals surface area contributed by atoms with E-state index in [1.54, 1.807) is 22.7 Å². The minimum Gasteiger partial charge on any atom is -0.494 e. The van der Waals surface area contributed by atoms with Crippen molar-refractivity contribution in [3.8, 4) is 17.0 Å². The number of hydrogen-bond acceptors (Lipinski definition) is 6. The lowest BCUT2D eigenvalue weighted by Crippen LogP contribution is -2.26. The van der Waals surface area contributed by atoms with Crippen LogP contribution >= 0.6 is 24.8 Å². The Morgan fingerprint density at radius 3 is 2.62 bits per heavy atom. The van der Waals surface area contributed by atoms with Gasteiger partial charge < -0.3 is 21.1 Å². The molecule has 0 aliphatic heterocycles. The number of halogens is 4. The maximum Gasteiger partial charge on any atom is 0.251 e. The van der Waals surface area contributed by atoms with Gasteiger partial charge in [0, 0.05) is 35.8 Å². The van der Waals surface area contributed by atoms with Crippen LogP contribution in [-0.4, -0.2) is 40.5 Å². The van der Waals surface area contributed by atoms with Gasteiger partial charge in [0.05, 0.1) is 19.0 Å². The van der Waals surface area contributed by atoms with Crippen LogP contribution in [0.1, 0.15) is 29.3 Å². The molecular formula is C25H28Cl2F2N6O2. The van der Waals surface area contributed by atoms with E-state index in [4.69, 9.17) is 10.5 Å². The summed E-state index contributed by atoms with van der Waals surface area (Å²) in [6.07, 6.45) is 5.98. The molecule has 0 radical (unpaired) electrons. The summed E-state index contributed by atoms with van der Waals surface area (Å²) in [6, 6.07) is 8.23. The lowest BCUT2D eigenvalue weighted by atomic mass is 10.0. The van der Waals surface area contributed by atoms with E-state index in [2.05, 4.69) is 20.6 Å². The summed E-state index contributed by atoms with van der Waals surface area (Å²) in [4.78, 5) is 21.3. The predicted molar refractivity (Wildman–Crippen MR) is 144 cm³/mol. The number of carbonyl (C=O) groups is 1. The van der Waals surface area contributed by atoms with E-state index in [0.717, 1.165) is 5.56 Å². The number of amides is 1. The summed E-state index contributed by atoms with van der Waals surface area (Å²) in [6.45, 7) is 3.00. The smallest absolute Gasteiger partial charge is 0.251 e. The standard InChI is InChI=1S/C25H26F2N6O2.2ClH/c1-3-15-13-16(5-6-17(15)25(34)30-10-4-9-28)32-23-24-31-14-19(33(24)12-11-29-23)18-7-8-20(35-2)22(27)21(18)26;;/h5-8,11-14H,3-4,9-10,28H2,1-2H3,(H,29,32)(H,30,34);2*1H. The Hall–Kier alpha value is -3.47. The number of rotatable bonds is 9. The van der Waals surface area contributed by atoms with Crippen LogP contribution in [0.4, 0.5) is 20.3 Å². The highest BCUT2D eigenvalue weighted by Gasteiger charge is 2.19. The Labute approximate surface area is 225 Å². The number of hydrogen-bond donors (Lipinski definition) is 3. The van der Waals surface area contributed by atoms with Crippen molar-refractivity contribution in [3.05, 3.63) is 71.7 Å². The van der Waals surface area contributed by atoms with Gasteiger partial charge in [-0.05, 0) is 55.3 Å². The average Bonchev–Trinajstić information content (AvgIpc) is 3.30. The fraction of sp³-hybridized carbons (Fsp3) is 0.240. The van der Waals surface area contributed by atoms with Gasteiger partial charge in [0.2, 0.25) is 5.82 Å². The summed E-state index contributed by atoms with van der Waals surface area (Å²) >= 11 is 0. The summed E-state index contributed by atoms with van der Waals surface area (Å²) in [5, 5.41) is 6.09. The van der Waals surface area contributed by atoms with E-state index < -0.39 is 11.6 Å². The molecule has 198 valence electrons. The molecule has 0 aliphatic carbocycles. The van der Waals surface area contributed by atoms with Crippen LogP contribution in [0.2, 0.25) is 0 Å². The number of ether oxygens (including phenoxy) is 1. The molecule has 37 heavy (non-hydrogen) atoms. The van der Waals surface area contributed by atoms with Gasteiger partial charge in [-0.15, -0.1) is 24.8 Å². The second kappa shape index (κ2) is 13.2. The van der Waals surface area contributed by atoms with Crippen LogP contribution in [-0.2, 0) is 6.42 Å². The molecule has 4 aromatic rings. The lowest BCUT2D eigenvalue weighted by molar-refractivity contribution is 0.0952. The van der Waals surface area contributed by atoms with E-state index in [-0.39, 0.29) is 42.0 Å². The number of imidazole rings is 1. The lowest BCUT2D eigenvalue weighted by Gasteiger charge is -2.13. The number of benzene rings is 2. The first-order chi connectivity index (χ1) is 17.0. The summed E-state index contributed by atoms with van der Waals surface area (Å²) in [7, 11) is 1.28. The predicted octanol–water partition coefficient (Wildman–Crippen LogP) is 4.91. The van der Waals surface area contributed by atoms with Gasteiger partial charge >= 0.3 is 0 Å². The number of fused-ring (bicyclic) bond motifs is 1. The Morgan fingerprint density at radius 1 is 1.14 bits per heavy atom. The fourth-order valence-corrected chi connectivity index (χ4v) is 3.82. The maximum absolute atomic E-state index is 14.7. The molecular weight excluding hydrogens is 525 g/mol. The van der Waals surface area contributed by atoms with E-state index >= 15 is 0 Å². The third-order valence-electron chi connectivity index (χ3n) is 5.63. The number of nitrogens with zero attached hydrogens (tertiary/aromatic N) is 3. The molecule has 12 heteroatoms. The van der Waals surface area contributed by atoms with Gasteiger partial charge in [-0.3, -0.25) is 9.20 Å². The molecule has 4 rings (SSSR count). The Kier molecular flexibility index (Phi) is 10.6. The number of carbonyl (C=O) groups excluding carboxylic acids is 1. The van der Waals surface area contributed by atoms with E-state index in [9.17, 15) is 13.6 Å². The van der Waals surface area contributed by atoms with Crippen molar-refractivity contribution in [3.63, 3.8) is 0 Å². The first-order valence-corrected chi connectivity index (χ1v) is 11.2. The van der Waals surface area contributed by atoms with Crippen molar-refractivity contribution >= 4 is 47.9 Å². The normalized spacial score (nSPS) is 10.4. The first-order valence-electron chi connectivity index (χ1n) is 11.2. The van der Waals surface area contributed by atoms with Crippen LogP contribution in [0.15, 0.2) is 48.9 Å². The Bertz CT molecular complexity index is 1380. The monoisotopic (exact) mass is 552 g/mol. The molecule has 0 saturated heterocycles. The Balaban J connectivity index is 0.00000241. The zero-order chi connectivity index (χ0) is 24.9. The number of aromatic nitrogens is 3. The van der Waals surface area contributed by atoms with E-state index in [1.807, 2.05) is 13.0 Å². The molecule has 0 bridgehead atoms. The molecule has 4 N–H and O–H groups in total. The first kappa shape index (κ1) is 29.8. The van der Waals surface area contributed by atoms with Crippen molar-refractivity contribution in [2.24, 2.45) is 5.73 Å². The van der Waals surface area contributed by atoms with Crippen molar-refractivity contribution in [1.29, 1.82) is 0 Å². The topological polar surface area (TPSA) is 107 Å². The zero-order valence-corrected chi connectivity index (χ0v) is 21.9. The van der Waals surface area contributed by atoms with E-state index in [1.165, 1.54) is 31.6 Å². The summed E-state index contributed by atoms with van der Waals surface area (Å²) in [5.41, 5.74) is 8.51. The molecule has 0 aliphatic rings. The number of methoxy groups -OCH3 is 1. The molecule has 2 aromatic carbocycles. The maximum atomic E-state index is 14.7. The Morgan fingerprint density at radius 2 is 1.92 bits per heavy atom. The second-order valence-electron chi connectivity index (χ2n) is 7.80. The quantitative estimate of drug-likeness (QED) is 0.255. The number of anilines is 2. The van der Waals surface area contributed by atoms with Crippen molar-refractivity contribution in [2.45, 2.75) is 19.8 Å². The van der Waals surface area contributed by atoms with Gasteiger partial charge in [-0.2, -0.15) is 4.39 Å². The van der Waals surface area contributed by atoms with Crippen LogP contribution in [0.25, 0.3) is 16.9 Å². The summed E-state index contributed by atoms with van der Waals surface area (Å²) in [5.74, 6) is -1.98. The van der Waals surface area contributed by atoms with Gasteiger partial charge in [-0.1, -0.05) is 6.92 Å². The largest absolute Gasteiger partial charge is 0.494 e. The minimum absolute atomic E-state index is 0. The SMILES string of the molecule is CCc1cc(Nc2nccn3c(-c4ccc(OC)c(F)c4F)cnc23)ccc1C(=O)NCCCN.Cl.Cl. The third kappa shape index (κ3) is 6.10. The van der Waals surface area contributed by atoms with Gasteiger partial charge in [0.15, 0.2) is 23.0 Å². The van der Waals surface area contributed by atoms with Crippen molar-refractivity contribution in [1.82, 2.24) is 19.7 Å². The zero-order valence-electron chi connectivity index (χ0n) is 20.3. The highest BCUT2D eigenvalue weighted by atomic mass is 35.5. The molecule has 0 fully saturated rings. The molecule has 0 saturated carbocycles. The van der Waals surface area contributed by atoms with Crippen molar-refractivity contribution < 1.29 is 18.3 Å². The number of nitrogens with one attached hydrogen (secondary N) is 2. The third-order valence-corrected chi connectivity index (χ3v) is 5.63. The second-order valence-corrected chi connectivity index (χ2v) is 7.80. The van der Waals surface area contributed by atoms with Crippen LogP contribution in [0.5, 0.6) is 5.75 Å². The highest BCUT2D eigenvalue weighted by molar-refractivity contribution is 5.96. The molecule has 0 unspecified atom stereocenters. The van der Waals surface area contributed by atoms with Crippen LogP contribution in [0, 0.1) is 11.6 Å². The molecule has 2 aromatic heterocycles. The highest BCUT2D eigenvalue weighted by Crippen LogP contribution is 2.31. The molecule has 8 nitrogen and oxygen atoms in total. The number of aryl methyl sites for hydroxylation is 1. The molecule has 0 spiro atoms. The van der Waals surface area contributed by atoms with Gasteiger partial charge in [-0.25, -0.2) is 14.4 Å². The minimum atomic E-state index is -1.06. The van der Waals surface area contributed by atoms with E-state index in [0.29, 0.717) is 54.3 Å². The number of nitrogens with two attached hydrogens (primary N) is 1. The molecule has 1 amide bonds.